The predicted octanol–water partition coefficient (Wildman–Crippen LogP) is 3.41. The van der Waals surface area contributed by atoms with Crippen LogP contribution < -0.4 is 5.32 Å². The molecule has 0 atom stereocenters. The molecule has 1 heterocycles. The van der Waals surface area contributed by atoms with Crippen LogP contribution in [-0.2, 0) is 4.79 Å². The van der Waals surface area contributed by atoms with E-state index in [1.54, 1.807) is 12.3 Å². The van der Waals surface area contributed by atoms with E-state index in [4.69, 9.17) is 0 Å². The summed E-state index contributed by atoms with van der Waals surface area (Å²) in [5, 5.41) is 3.36. The molecule has 92 valence electrons. The van der Waals surface area contributed by atoms with E-state index in [2.05, 4.69) is 10.3 Å². The molecule has 1 aromatic carbocycles. The molecule has 0 radical (unpaired) electrons. The highest BCUT2D eigenvalue weighted by atomic mass is 32.1. The highest BCUT2D eigenvalue weighted by Gasteiger charge is 2.01. The van der Waals surface area contributed by atoms with Crippen molar-refractivity contribution < 1.29 is 4.79 Å². The summed E-state index contributed by atoms with van der Waals surface area (Å²) in [6.45, 7) is 3.99. The zero-order chi connectivity index (χ0) is 13.0. The van der Waals surface area contributed by atoms with Gasteiger partial charge in [0.15, 0.2) is 5.13 Å². The lowest BCUT2D eigenvalue weighted by Crippen LogP contribution is -2.06. The van der Waals surface area contributed by atoms with Gasteiger partial charge in [0.2, 0.25) is 5.91 Å². The highest BCUT2D eigenvalue weighted by Crippen LogP contribution is 2.16. The van der Waals surface area contributed by atoms with E-state index in [1.807, 2.05) is 38.1 Å². The van der Waals surface area contributed by atoms with Crippen LogP contribution in [-0.4, -0.2) is 10.9 Å². The summed E-state index contributed by atoms with van der Waals surface area (Å²) < 4.78 is 0. The number of aryl methyl sites for hydroxylation is 2. The Morgan fingerprint density at radius 2 is 2.00 bits per heavy atom. The normalized spacial score (nSPS) is 10.8. The molecule has 0 aliphatic heterocycles. The molecule has 4 heteroatoms. The minimum Gasteiger partial charge on any atom is -0.298 e. The molecule has 0 aliphatic carbocycles. The second-order valence-electron chi connectivity index (χ2n) is 4.01. The summed E-state index contributed by atoms with van der Waals surface area (Å²) in [7, 11) is 0. The number of aromatic nitrogens is 1. The third kappa shape index (κ3) is 3.53. The Kier molecular flexibility index (Phi) is 3.89. The van der Waals surface area contributed by atoms with Gasteiger partial charge in [0, 0.05) is 17.2 Å². The van der Waals surface area contributed by atoms with Gasteiger partial charge in [-0.1, -0.05) is 29.8 Å². The van der Waals surface area contributed by atoms with E-state index in [0.29, 0.717) is 5.13 Å². The molecular weight excluding hydrogens is 244 g/mol. The van der Waals surface area contributed by atoms with Crippen LogP contribution in [0.4, 0.5) is 5.13 Å². The molecule has 2 rings (SSSR count). The van der Waals surface area contributed by atoms with Crippen LogP contribution >= 0.6 is 11.3 Å². The lowest BCUT2D eigenvalue weighted by molar-refractivity contribution is -0.111. The van der Waals surface area contributed by atoms with E-state index in [9.17, 15) is 4.79 Å². The number of thiazole rings is 1. The van der Waals surface area contributed by atoms with Crippen LogP contribution in [0.5, 0.6) is 0 Å². The molecule has 1 aromatic heterocycles. The lowest BCUT2D eigenvalue weighted by Gasteiger charge is -1.96. The number of anilines is 1. The fraction of sp³-hybridized carbons (Fsp3) is 0.143. The number of benzene rings is 1. The minimum absolute atomic E-state index is 0.162. The van der Waals surface area contributed by atoms with Crippen molar-refractivity contribution in [1.82, 2.24) is 4.98 Å². The number of carbonyl (C=O) groups excluding carboxylic acids is 1. The molecule has 0 unspecified atom stereocenters. The molecule has 3 nitrogen and oxygen atoms in total. The highest BCUT2D eigenvalue weighted by molar-refractivity contribution is 7.15. The Hall–Kier alpha value is -1.94. The summed E-state index contributed by atoms with van der Waals surface area (Å²) in [5.74, 6) is -0.162. The maximum absolute atomic E-state index is 11.6. The zero-order valence-corrected chi connectivity index (χ0v) is 11.1. The Bertz CT molecular complexity index is 570. The number of hydrogen-bond donors (Lipinski definition) is 1. The molecule has 18 heavy (non-hydrogen) atoms. The van der Waals surface area contributed by atoms with Crippen molar-refractivity contribution >= 4 is 28.5 Å². The minimum atomic E-state index is -0.162. The van der Waals surface area contributed by atoms with Crippen LogP contribution in [0.2, 0.25) is 0 Å². The molecule has 0 bridgehead atoms. The molecule has 0 saturated heterocycles. The summed E-state index contributed by atoms with van der Waals surface area (Å²) in [6, 6.07) is 7.99. The van der Waals surface area contributed by atoms with Crippen LogP contribution in [0.15, 0.2) is 36.5 Å². The lowest BCUT2D eigenvalue weighted by atomic mass is 10.1. The quantitative estimate of drug-likeness (QED) is 0.857. The predicted molar refractivity (Wildman–Crippen MR) is 75.7 cm³/mol. The maximum Gasteiger partial charge on any atom is 0.250 e. The topological polar surface area (TPSA) is 42.0 Å². The first-order valence-corrected chi connectivity index (χ1v) is 6.43. The summed E-state index contributed by atoms with van der Waals surface area (Å²) in [6.07, 6.45) is 5.04. The van der Waals surface area contributed by atoms with Crippen molar-refractivity contribution in [1.29, 1.82) is 0 Å². The van der Waals surface area contributed by atoms with E-state index in [1.165, 1.54) is 23.0 Å². The summed E-state index contributed by atoms with van der Waals surface area (Å²) in [5.41, 5.74) is 2.21. The molecule has 2 aromatic rings. The zero-order valence-electron chi connectivity index (χ0n) is 10.3. The van der Waals surface area contributed by atoms with Gasteiger partial charge in [-0.05, 0) is 25.5 Å². The maximum atomic E-state index is 11.6. The molecular formula is C14H14N2OS. The van der Waals surface area contributed by atoms with Gasteiger partial charge in [-0.3, -0.25) is 10.1 Å². The average Bonchev–Trinajstić information content (AvgIpc) is 2.74. The molecule has 1 amide bonds. The average molecular weight is 258 g/mol. The summed E-state index contributed by atoms with van der Waals surface area (Å²) >= 11 is 1.46. The number of rotatable bonds is 3. The molecule has 1 N–H and O–H groups in total. The first-order valence-electron chi connectivity index (χ1n) is 5.61. The second kappa shape index (κ2) is 5.60. The molecule has 0 aliphatic rings. The van der Waals surface area contributed by atoms with Gasteiger partial charge in [-0.15, -0.1) is 11.3 Å². The fourth-order valence-corrected chi connectivity index (χ4v) is 2.08. The van der Waals surface area contributed by atoms with Crippen molar-refractivity contribution in [2.24, 2.45) is 0 Å². The Morgan fingerprint density at radius 3 is 2.61 bits per heavy atom. The summed E-state index contributed by atoms with van der Waals surface area (Å²) in [4.78, 5) is 16.8. The van der Waals surface area contributed by atoms with E-state index in [-0.39, 0.29) is 5.91 Å². The standard InChI is InChI=1S/C14H14N2OS/c1-10-3-5-12(6-4-10)7-8-13(17)16-14-15-9-11(2)18-14/h3-9H,1-2H3,(H,15,16,17). The third-order valence-electron chi connectivity index (χ3n) is 2.36. The third-order valence-corrected chi connectivity index (χ3v) is 3.18. The van der Waals surface area contributed by atoms with Gasteiger partial charge in [0.25, 0.3) is 0 Å². The Labute approximate surface area is 110 Å². The fourth-order valence-electron chi connectivity index (χ4n) is 1.41. The van der Waals surface area contributed by atoms with Crippen molar-refractivity contribution in [3.8, 4) is 0 Å². The first kappa shape index (κ1) is 12.5. The number of nitrogens with one attached hydrogen (secondary N) is 1. The van der Waals surface area contributed by atoms with Crippen molar-refractivity contribution in [2.75, 3.05) is 5.32 Å². The van der Waals surface area contributed by atoms with Crippen molar-refractivity contribution in [2.45, 2.75) is 13.8 Å². The number of nitrogens with zero attached hydrogens (tertiary/aromatic N) is 1. The van der Waals surface area contributed by atoms with Crippen LogP contribution in [0.3, 0.4) is 0 Å². The Morgan fingerprint density at radius 1 is 1.28 bits per heavy atom. The molecule has 0 fully saturated rings. The largest absolute Gasteiger partial charge is 0.298 e. The van der Waals surface area contributed by atoms with E-state index < -0.39 is 0 Å². The van der Waals surface area contributed by atoms with Crippen LogP contribution in [0, 0.1) is 13.8 Å². The second-order valence-corrected chi connectivity index (χ2v) is 5.24. The van der Waals surface area contributed by atoms with Gasteiger partial charge in [-0.25, -0.2) is 4.98 Å². The number of hydrogen-bond acceptors (Lipinski definition) is 3. The van der Waals surface area contributed by atoms with E-state index in [0.717, 1.165) is 10.4 Å². The van der Waals surface area contributed by atoms with Crippen molar-refractivity contribution in [3.63, 3.8) is 0 Å². The van der Waals surface area contributed by atoms with E-state index >= 15 is 0 Å². The molecule has 0 spiro atoms. The monoisotopic (exact) mass is 258 g/mol. The van der Waals surface area contributed by atoms with Gasteiger partial charge in [0.1, 0.15) is 0 Å². The SMILES string of the molecule is Cc1ccc(C=CC(=O)Nc2ncc(C)s2)cc1. The van der Waals surface area contributed by atoms with Crippen molar-refractivity contribution in [3.05, 3.63) is 52.5 Å². The van der Waals surface area contributed by atoms with Gasteiger partial charge in [-0.2, -0.15) is 0 Å². The van der Waals surface area contributed by atoms with Crippen LogP contribution in [0.1, 0.15) is 16.0 Å². The van der Waals surface area contributed by atoms with Gasteiger partial charge in [0.05, 0.1) is 0 Å². The van der Waals surface area contributed by atoms with Crippen LogP contribution in [0.25, 0.3) is 6.08 Å². The Balaban J connectivity index is 1.96. The molecule has 0 saturated carbocycles. The first-order chi connectivity index (χ1) is 8.63. The van der Waals surface area contributed by atoms with Gasteiger partial charge >= 0.3 is 0 Å². The smallest absolute Gasteiger partial charge is 0.250 e. The number of amides is 1. The van der Waals surface area contributed by atoms with Gasteiger partial charge < -0.3 is 0 Å². The number of carbonyl (C=O) groups is 1.